The van der Waals surface area contributed by atoms with E-state index in [1.54, 1.807) is 6.07 Å². The second-order valence-corrected chi connectivity index (χ2v) is 7.59. The van der Waals surface area contributed by atoms with Gasteiger partial charge in [0.1, 0.15) is 11.5 Å². The number of esters is 1. The highest BCUT2D eigenvalue weighted by Gasteiger charge is 2.23. The summed E-state index contributed by atoms with van der Waals surface area (Å²) in [6.07, 6.45) is 1.28. The number of anilines is 2. The summed E-state index contributed by atoms with van der Waals surface area (Å²) < 4.78 is 10.7. The zero-order valence-corrected chi connectivity index (χ0v) is 16.1. The molecule has 3 aliphatic rings. The van der Waals surface area contributed by atoms with Crippen molar-refractivity contribution in [1.82, 2.24) is 4.90 Å². The van der Waals surface area contributed by atoms with E-state index in [0.717, 1.165) is 43.1 Å². The molecule has 150 valence electrons. The van der Waals surface area contributed by atoms with Crippen LogP contribution >= 0.6 is 0 Å². The Hall–Kier alpha value is -3.22. The Morgan fingerprint density at radius 1 is 1.00 bits per heavy atom. The van der Waals surface area contributed by atoms with Crippen LogP contribution in [0.2, 0.25) is 0 Å². The maximum absolute atomic E-state index is 12.6. The SMILES string of the molecule is O=C1Cc2ccc(NCC(=O)N3CCN(c4ccc5c(c4)CCO5)CC3)cc2O1. The van der Waals surface area contributed by atoms with Crippen LogP contribution in [0.3, 0.4) is 0 Å². The predicted octanol–water partition coefficient (Wildman–Crippen LogP) is 1.84. The van der Waals surface area contributed by atoms with Gasteiger partial charge in [-0.2, -0.15) is 0 Å². The summed E-state index contributed by atoms with van der Waals surface area (Å²) in [7, 11) is 0. The fourth-order valence-corrected chi connectivity index (χ4v) is 4.09. The van der Waals surface area contributed by atoms with Gasteiger partial charge >= 0.3 is 5.97 Å². The highest BCUT2D eigenvalue weighted by atomic mass is 16.5. The zero-order valence-electron chi connectivity index (χ0n) is 16.1. The molecule has 29 heavy (non-hydrogen) atoms. The first kappa shape index (κ1) is 17.8. The number of hydrogen-bond donors (Lipinski definition) is 1. The van der Waals surface area contributed by atoms with Crippen molar-refractivity contribution in [2.75, 3.05) is 49.5 Å². The number of amides is 1. The molecule has 0 radical (unpaired) electrons. The van der Waals surface area contributed by atoms with Crippen LogP contribution in [0.4, 0.5) is 11.4 Å². The van der Waals surface area contributed by atoms with Crippen molar-refractivity contribution in [2.24, 2.45) is 0 Å². The number of nitrogens with zero attached hydrogens (tertiary/aromatic N) is 2. The van der Waals surface area contributed by atoms with Gasteiger partial charge in [-0.05, 0) is 29.8 Å². The summed E-state index contributed by atoms with van der Waals surface area (Å²) in [5.74, 6) is 1.42. The van der Waals surface area contributed by atoms with Crippen molar-refractivity contribution in [2.45, 2.75) is 12.8 Å². The smallest absolute Gasteiger partial charge is 0.315 e. The molecule has 1 saturated heterocycles. The van der Waals surface area contributed by atoms with Crippen molar-refractivity contribution in [1.29, 1.82) is 0 Å². The molecule has 0 saturated carbocycles. The van der Waals surface area contributed by atoms with E-state index in [-0.39, 0.29) is 18.4 Å². The topological polar surface area (TPSA) is 71.1 Å². The predicted molar refractivity (Wildman–Crippen MR) is 109 cm³/mol. The van der Waals surface area contributed by atoms with E-state index in [2.05, 4.69) is 22.3 Å². The van der Waals surface area contributed by atoms with Gasteiger partial charge in [-0.1, -0.05) is 6.07 Å². The van der Waals surface area contributed by atoms with Crippen LogP contribution in [0.25, 0.3) is 0 Å². The molecule has 0 atom stereocenters. The van der Waals surface area contributed by atoms with Crippen molar-refractivity contribution in [3.63, 3.8) is 0 Å². The molecule has 0 unspecified atom stereocenters. The molecule has 5 rings (SSSR count). The van der Waals surface area contributed by atoms with Gasteiger partial charge in [0.25, 0.3) is 0 Å². The number of carbonyl (C=O) groups excluding carboxylic acids is 2. The van der Waals surface area contributed by atoms with Crippen molar-refractivity contribution >= 4 is 23.3 Å². The van der Waals surface area contributed by atoms with E-state index < -0.39 is 0 Å². The normalized spacial score (nSPS) is 17.4. The molecule has 0 bridgehead atoms. The lowest BCUT2D eigenvalue weighted by atomic mass is 10.1. The summed E-state index contributed by atoms with van der Waals surface area (Å²) in [6.45, 7) is 4.04. The number of carbonyl (C=O) groups is 2. The van der Waals surface area contributed by atoms with Gasteiger partial charge in [-0.3, -0.25) is 9.59 Å². The first-order chi connectivity index (χ1) is 14.2. The highest BCUT2D eigenvalue weighted by molar-refractivity contribution is 5.83. The van der Waals surface area contributed by atoms with Crippen LogP contribution in [0.1, 0.15) is 11.1 Å². The summed E-state index contributed by atoms with van der Waals surface area (Å²) in [5, 5.41) is 3.15. The Bertz CT molecular complexity index is 967. The largest absolute Gasteiger partial charge is 0.493 e. The first-order valence-corrected chi connectivity index (χ1v) is 10.0. The van der Waals surface area contributed by atoms with Crippen LogP contribution in [-0.4, -0.2) is 56.1 Å². The number of benzene rings is 2. The number of nitrogens with one attached hydrogen (secondary N) is 1. The summed E-state index contributed by atoms with van der Waals surface area (Å²) in [6, 6.07) is 11.9. The first-order valence-electron chi connectivity index (χ1n) is 10.0. The van der Waals surface area contributed by atoms with Crippen LogP contribution < -0.4 is 19.7 Å². The van der Waals surface area contributed by atoms with Gasteiger partial charge in [-0.15, -0.1) is 0 Å². The van der Waals surface area contributed by atoms with Crippen molar-refractivity contribution < 1.29 is 19.1 Å². The fraction of sp³-hybridized carbons (Fsp3) is 0.364. The molecule has 2 aromatic rings. The van der Waals surface area contributed by atoms with E-state index >= 15 is 0 Å². The monoisotopic (exact) mass is 393 g/mol. The van der Waals surface area contributed by atoms with Crippen LogP contribution in [-0.2, 0) is 22.4 Å². The standard InChI is InChI=1S/C22H23N3O4/c26-21(14-23-17-2-1-15-12-22(27)29-20(15)13-17)25-8-6-24(7-9-25)18-3-4-19-16(11-18)5-10-28-19/h1-4,11,13,23H,5-10,12,14H2. The molecule has 3 heterocycles. The Morgan fingerprint density at radius 2 is 1.86 bits per heavy atom. The Labute approximate surface area is 169 Å². The highest BCUT2D eigenvalue weighted by Crippen LogP contribution is 2.30. The lowest BCUT2D eigenvalue weighted by molar-refractivity contribution is -0.132. The van der Waals surface area contributed by atoms with Gasteiger partial charge in [0, 0.05) is 55.6 Å². The summed E-state index contributed by atoms with van der Waals surface area (Å²) in [5.41, 5.74) is 4.14. The van der Waals surface area contributed by atoms with E-state index in [9.17, 15) is 9.59 Å². The lowest BCUT2D eigenvalue weighted by Crippen LogP contribution is -2.50. The zero-order chi connectivity index (χ0) is 19.8. The van der Waals surface area contributed by atoms with E-state index in [1.807, 2.05) is 23.1 Å². The molecular weight excluding hydrogens is 370 g/mol. The minimum atomic E-state index is -0.234. The quantitative estimate of drug-likeness (QED) is 0.632. The van der Waals surface area contributed by atoms with Crippen LogP contribution in [0.5, 0.6) is 11.5 Å². The number of rotatable bonds is 4. The van der Waals surface area contributed by atoms with Crippen molar-refractivity contribution in [3.05, 3.63) is 47.5 Å². The molecule has 1 fully saturated rings. The Balaban J connectivity index is 1.14. The second-order valence-electron chi connectivity index (χ2n) is 7.59. The number of ether oxygens (including phenoxy) is 2. The molecule has 0 spiro atoms. The maximum Gasteiger partial charge on any atom is 0.315 e. The maximum atomic E-state index is 12.6. The molecule has 1 amide bonds. The Morgan fingerprint density at radius 3 is 2.72 bits per heavy atom. The van der Waals surface area contributed by atoms with Crippen LogP contribution in [0.15, 0.2) is 36.4 Å². The average molecular weight is 393 g/mol. The van der Waals surface area contributed by atoms with Gasteiger partial charge in [-0.25, -0.2) is 0 Å². The van der Waals surface area contributed by atoms with E-state index in [4.69, 9.17) is 9.47 Å². The van der Waals surface area contributed by atoms with Gasteiger partial charge in [0.2, 0.25) is 5.91 Å². The van der Waals surface area contributed by atoms with Gasteiger partial charge in [0.05, 0.1) is 19.6 Å². The molecule has 1 N–H and O–H groups in total. The van der Waals surface area contributed by atoms with E-state index in [1.165, 1.54) is 11.3 Å². The van der Waals surface area contributed by atoms with Gasteiger partial charge in [0.15, 0.2) is 0 Å². The van der Waals surface area contributed by atoms with Crippen LogP contribution in [0, 0.1) is 0 Å². The molecule has 3 aliphatic heterocycles. The molecule has 7 heteroatoms. The van der Waals surface area contributed by atoms with Gasteiger partial charge < -0.3 is 24.6 Å². The lowest BCUT2D eigenvalue weighted by Gasteiger charge is -2.36. The fourth-order valence-electron chi connectivity index (χ4n) is 4.09. The molecule has 2 aromatic carbocycles. The third-order valence-electron chi connectivity index (χ3n) is 5.74. The number of hydrogen-bond acceptors (Lipinski definition) is 6. The number of piperazine rings is 1. The third-order valence-corrected chi connectivity index (χ3v) is 5.74. The minimum absolute atomic E-state index is 0.0736. The molecule has 0 aliphatic carbocycles. The summed E-state index contributed by atoms with van der Waals surface area (Å²) in [4.78, 5) is 28.2. The Kier molecular flexibility index (Phi) is 4.50. The molecule has 7 nitrogen and oxygen atoms in total. The van der Waals surface area contributed by atoms with E-state index in [0.29, 0.717) is 25.3 Å². The van der Waals surface area contributed by atoms with Crippen molar-refractivity contribution in [3.8, 4) is 11.5 Å². The third kappa shape index (κ3) is 3.60. The minimum Gasteiger partial charge on any atom is -0.493 e. The molecule has 0 aromatic heterocycles. The second kappa shape index (κ2) is 7.31. The summed E-state index contributed by atoms with van der Waals surface area (Å²) >= 11 is 0. The average Bonchev–Trinajstić information content (AvgIpc) is 3.36. The molecular formula is C22H23N3O4. The number of fused-ring (bicyclic) bond motifs is 2.